The summed E-state index contributed by atoms with van der Waals surface area (Å²) in [5, 5.41) is 0. The Morgan fingerprint density at radius 2 is 1.33 bits per heavy atom. The van der Waals surface area contributed by atoms with Gasteiger partial charge < -0.3 is 5.73 Å². The highest BCUT2D eigenvalue weighted by molar-refractivity contribution is 4.60. The van der Waals surface area contributed by atoms with E-state index in [1.54, 1.807) is 0 Å². The summed E-state index contributed by atoms with van der Waals surface area (Å²) in [6.45, 7) is 6.70. The zero-order chi connectivity index (χ0) is 9.82. The number of rotatable bonds is 1. The van der Waals surface area contributed by atoms with E-state index in [1.807, 2.05) is 0 Å². The van der Waals surface area contributed by atoms with Gasteiger partial charge in [-0.3, -0.25) is 0 Å². The van der Waals surface area contributed by atoms with Crippen molar-refractivity contribution in [3.05, 3.63) is 0 Å². The molecule has 0 unspecified atom stereocenters. The molecule has 76 valence electrons. The van der Waals surface area contributed by atoms with Crippen LogP contribution in [-0.2, 0) is 0 Å². The minimum Gasteiger partial charge on any atom is -0.333 e. The van der Waals surface area contributed by atoms with Gasteiger partial charge in [-0.15, -0.1) is 0 Å². The molecule has 0 saturated heterocycles. The van der Waals surface area contributed by atoms with Crippen LogP contribution in [0.1, 0.15) is 59.3 Å². The molecule has 1 nitrogen and oxygen atoms in total. The first-order chi connectivity index (χ1) is 5.81. The first-order valence-electron chi connectivity index (χ1n) is 5.39. The molecule has 2 N–H and O–H groups in total. The first-order valence-corrected chi connectivity index (χ1v) is 5.39. The number of hydrogen-bond acceptors (Lipinski definition) is 1. The minimum absolute atomic E-state index is 1.05. The van der Waals surface area contributed by atoms with E-state index in [1.165, 1.54) is 45.6 Å². The Hall–Kier alpha value is -0.0400. The van der Waals surface area contributed by atoms with Gasteiger partial charge in [0.2, 0.25) is 0 Å². The SMILES string of the molecule is CC1CCCC1.CCCC.CN. The molecule has 1 rings (SSSR count). The molecule has 0 amide bonds. The average molecular weight is 173 g/mol. The molecule has 1 aliphatic carbocycles. The quantitative estimate of drug-likeness (QED) is 0.644. The van der Waals surface area contributed by atoms with E-state index in [0.29, 0.717) is 0 Å². The zero-order valence-electron chi connectivity index (χ0n) is 9.40. The van der Waals surface area contributed by atoms with Gasteiger partial charge in [-0.25, -0.2) is 0 Å². The van der Waals surface area contributed by atoms with Crippen LogP contribution >= 0.6 is 0 Å². The van der Waals surface area contributed by atoms with Crippen LogP contribution in [0.5, 0.6) is 0 Å². The summed E-state index contributed by atoms with van der Waals surface area (Å²) in [4.78, 5) is 0. The van der Waals surface area contributed by atoms with E-state index in [-0.39, 0.29) is 0 Å². The largest absolute Gasteiger partial charge is 0.333 e. The Kier molecular flexibility index (Phi) is 16.3. The predicted molar refractivity (Wildman–Crippen MR) is 58.3 cm³/mol. The molecule has 0 aliphatic heterocycles. The molecule has 0 aromatic carbocycles. The van der Waals surface area contributed by atoms with Crippen molar-refractivity contribution >= 4 is 0 Å². The Morgan fingerprint density at radius 3 is 1.42 bits per heavy atom. The molecule has 1 fully saturated rings. The Balaban J connectivity index is 0. The van der Waals surface area contributed by atoms with E-state index in [9.17, 15) is 0 Å². The summed E-state index contributed by atoms with van der Waals surface area (Å²) in [5.74, 6) is 1.05. The zero-order valence-corrected chi connectivity index (χ0v) is 9.40. The van der Waals surface area contributed by atoms with Crippen molar-refractivity contribution < 1.29 is 0 Å². The van der Waals surface area contributed by atoms with Gasteiger partial charge in [0.05, 0.1) is 0 Å². The lowest BCUT2D eigenvalue weighted by atomic mass is 10.2. The molecule has 0 aromatic rings. The van der Waals surface area contributed by atoms with E-state index in [2.05, 4.69) is 26.5 Å². The summed E-state index contributed by atoms with van der Waals surface area (Å²) in [5.41, 5.74) is 4.50. The number of unbranched alkanes of at least 4 members (excludes halogenated alkanes) is 1. The molecule has 1 aliphatic rings. The van der Waals surface area contributed by atoms with E-state index < -0.39 is 0 Å². The lowest BCUT2D eigenvalue weighted by Crippen LogP contribution is -1.78. The maximum atomic E-state index is 4.50. The molecule has 0 atom stereocenters. The van der Waals surface area contributed by atoms with Crippen molar-refractivity contribution in [2.75, 3.05) is 7.05 Å². The van der Waals surface area contributed by atoms with Crippen molar-refractivity contribution in [2.24, 2.45) is 11.7 Å². The fraction of sp³-hybridized carbons (Fsp3) is 1.00. The third-order valence-electron chi connectivity index (χ3n) is 2.14. The highest BCUT2D eigenvalue weighted by atomic mass is 14.4. The molecule has 0 spiro atoms. The lowest BCUT2D eigenvalue weighted by Gasteiger charge is -1.91. The monoisotopic (exact) mass is 173 g/mol. The summed E-state index contributed by atoms with van der Waals surface area (Å²) < 4.78 is 0. The van der Waals surface area contributed by atoms with Gasteiger partial charge in [0.1, 0.15) is 0 Å². The Bertz CT molecular complexity index is 54.0. The van der Waals surface area contributed by atoms with Crippen LogP contribution in [0, 0.1) is 5.92 Å². The van der Waals surface area contributed by atoms with Crippen LogP contribution in [0.2, 0.25) is 0 Å². The summed E-state index contributed by atoms with van der Waals surface area (Å²) >= 11 is 0. The standard InChI is InChI=1S/C6H12.C4H10.CH5N/c1-6-4-2-3-5-6;1-3-4-2;1-2/h6H,2-5H2,1H3;3-4H2,1-2H3;2H2,1H3. The number of hydrogen-bond donors (Lipinski definition) is 1. The van der Waals surface area contributed by atoms with Gasteiger partial charge in [0.15, 0.2) is 0 Å². The molecule has 0 aromatic heterocycles. The smallest absolute Gasteiger partial charge is 0.0195 e. The minimum atomic E-state index is 1.05. The van der Waals surface area contributed by atoms with Gasteiger partial charge in [-0.1, -0.05) is 59.3 Å². The second kappa shape index (κ2) is 13.5. The number of nitrogens with two attached hydrogens (primary N) is 1. The highest BCUT2D eigenvalue weighted by Crippen LogP contribution is 2.22. The summed E-state index contributed by atoms with van der Waals surface area (Å²) in [6.07, 6.45) is 8.59. The van der Waals surface area contributed by atoms with E-state index >= 15 is 0 Å². The van der Waals surface area contributed by atoms with Crippen molar-refractivity contribution in [1.29, 1.82) is 0 Å². The van der Waals surface area contributed by atoms with Crippen LogP contribution in [0.25, 0.3) is 0 Å². The van der Waals surface area contributed by atoms with Crippen molar-refractivity contribution in [3.63, 3.8) is 0 Å². The lowest BCUT2D eigenvalue weighted by molar-refractivity contribution is 0.612. The van der Waals surface area contributed by atoms with Crippen molar-refractivity contribution in [3.8, 4) is 0 Å². The first kappa shape index (κ1) is 14.5. The molecule has 0 heterocycles. The molecule has 0 radical (unpaired) electrons. The average Bonchev–Trinajstić information content (AvgIpc) is 2.60. The maximum Gasteiger partial charge on any atom is -0.0195 e. The molecule has 0 bridgehead atoms. The molecule has 1 saturated carbocycles. The Labute approximate surface area is 78.7 Å². The van der Waals surface area contributed by atoms with Gasteiger partial charge in [0.25, 0.3) is 0 Å². The maximum absolute atomic E-state index is 4.50. The molecular weight excluding hydrogens is 146 g/mol. The van der Waals surface area contributed by atoms with Crippen molar-refractivity contribution in [1.82, 2.24) is 0 Å². The summed E-state index contributed by atoms with van der Waals surface area (Å²) in [7, 11) is 1.50. The third kappa shape index (κ3) is 12.6. The van der Waals surface area contributed by atoms with Gasteiger partial charge >= 0.3 is 0 Å². The van der Waals surface area contributed by atoms with Crippen LogP contribution in [-0.4, -0.2) is 7.05 Å². The van der Waals surface area contributed by atoms with Crippen LogP contribution < -0.4 is 5.73 Å². The third-order valence-corrected chi connectivity index (χ3v) is 2.14. The fourth-order valence-corrected chi connectivity index (χ4v) is 1.13. The van der Waals surface area contributed by atoms with Gasteiger partial charge in [-0.05, 0) is 13.0 Å². The van der Waals surface area contributed by atoms with Crippen molar-refractivity contribution in [2.45, 2.75) is 59.3 Å². The molecule has 1 heteroatoms. The van der Waals surface area contributed by atoms with E-state index in [0.717, 1.165) is 5.92 Å². The van der Waals surface area contributed by atoms with Crippen LogP contribution in [0.4, 0.5) is 0 Å². The Morgan fingerprint density at radius 1 is 1.00 bits per heavy atom. The van der Waals surface area contributed by atoms with Crippen LogP contribution in [0.3, 0.4) is 0 Å². The topological polar surface area (TPSA) is 26.0 Å². The second-order valence-electron chi connectivity index (χ2n) is 3.39. The predicted octanol–water partition coefficient (Wildman–Crippen LogP) is 3.58. The molecule has 12 heavy (non-hydrogen) atoms. The van der Waals surface area contributed by atoms with Gasteiger partial charge in [-0.2, -0.15) is 0 Å². The highest BCUT2D eigenvalue weighted by Gasteiger charge is 2.07. The van der Waals surface area contributed by atoms with Gasteiger partial charge in [0, 0.05) is 0 Å². The normalized spacial score (nSPS) is 15.8. The molecular formula is C11H27N. The fourth-order valence-electron chi connectivity index (χ4n) is 1.13. The second-order valence-corrected chi connectivity index (χ2v) is 3.39. The summed E-state index contributed by atoms with van der Waals surface area (Å²) in [6, 6.07) is 0. The van der Waals surface area contributed by atoms with Crippen LogP contribution in [0.15, 0.2) is 0 Å². The van der Waals surface area contributed by atoms with E-state index in [4.69, 9.17) is 0 Å².